The van der Waals surface area contributed by atoms with Crippen LogP contribution in [-0.2, 0) is 11.3 Å². The molecule has 0 saturated carbocycles. The third-order valence-corrected chi connectivity index (χ3v) is 4.43. The van der Waals surface area contributed by atoms with Crippen molar-refractivity contribution < 1.29 is 9.84 Å². The summed E-state index contributed by atoms with van der Waals surface area (Å²) in [6, 6.07) is 13.8. The highest BCUT2D eigenvalue weighted by molar-refractivity contribution is 9.10. The number of benzene rings is 2. The van der Waals surface area contributed by atoms with E-state index in [1.54, 1.807) is 0 Å². The Morgan fingerprint density at radius 2 is 1.95 bits per heavy atom. The summed E-state index contributed by atoms with van der Waals surface area (Å²) in [5.41, 5.74) is 8.96. The van der Waals surface area contributed by atoms with Gasteiger partial charge >= 0.3 is 0 Å². The Bertz CT molecular complexity index is 615. The molecule has 3 nitrogen and oxygen atoms in total. The number of fused-ring (bicyclic) bond motifs is 1. The molecule has 0 fully saturated rings. The molecule has 0 amide bonds. The molecule has 1 heterocycles. The lowest BCUT2D eigenvalue weighted by molar-refractivity contribution is 0.00704. The molecule has 0 aromatic heterocycles. The lowest BCUT2D eigenvalue weighted by Crippen LogP contribution is -2.27. The van der Waals surface area contributed by atoms with E-state index in [1.165, 1.54) is 0 Å². The molecule has 0 saturated heterocycles. The average Bonchev–Trinajstić information content (AvgIpc) is 2.50. The second-order valence-electron chi connectivity index (χ2n) is 4.95. The van der Waals surface area contributed by atoms with E-state index in [0.29, 0.717) is 17.6 Å². The molecule has 104 valence electrons. The Morgan fingerprint density at radius 3 is 2.65 bits per heavy atom. The molecule has 2 aromatic rings. The van der Waals surface area contributed by atoms with Crippen molar-refractivity contribution in [3.63, 3.8) is 0 Å². The predicted molar refractivity (Wildman–Crippen MR) is 81.6 cm³/mol. The summed E-state index contributed by atoms with van der Waals surface area (Å²) in [5, 5.41) is 10.4. The zero-order chi connectivity index (χ0) is 14.1. The van der Waals surface area contributed by atoms with E-state index in [9.17, 15) is 5.11 Å². The normalized spacial score (nSPS) is 21.5. The summed E-state index contributed by atoms with van der Waals surface area (Å²) in [6.45, 7) is 0.919. The van der Waals surface area contributed by atoms with E-state index in [-0.39, 0.29) is 17.8 Å². The van der Waals surface area contributed by atoms with Crippen molar-refractivity contribution in [1.29, 1.82) is 0 Å². The molecule has 2 atom stereocenters. The van der Waals surface area contributed by atoms with Gasteiger partial charge in [-0.2, -0.15) is 0 Å². The Hall–Kier alpha value is -1.36. The van der Waals surface area contributed by atoms with Crippen LogP contribution in [-0.4, -0.2) is 11.7 Å². The van der Waals surface area contributed by atoms with Gasteiger partial charge in [0, 0.05) is 18.0 Å². The molecule has 0 aliphatic carbocycles. The number of rotatable bonds is 2. The van der Waals surface area contributed by atoms with Crippen LogP contribution in [0.4, 0.5) is 0 Å². The summed E-state index contributed by atoms with van der Waals surface area (Å²) in [6.07, 6.45) is -0.117. The van der Waals surface area contributed by atoms with E-state index < -0.39 is 0 Å². The maximum atomic E-state index is 10.4. The van der Waals surface area contributed by atoms with Gasteiger partial charge in [0.05, 0.1) is 17.2 Å². The Kier molecular flexibility index (Phi) is 3.78. The second kappa shape index (κ2) is 5.56. The quantitative estimate of drug-likeness (QED) is 0.884. The van der Waals surface area contributed by atoms with Crippen LogP contribution < -0.4 is 5.73 Å². The number of nitrogens with two attached hydrogens (primary N) is 1. The topological polar surface area (TPSA) is 55.5 Å². The van der Waals surface area contributed by atoms with Crippen LogP contribution in [0.5, 0.6) is 5.75 Å². The zero-order valence-corrected chi connectivity index (χ0v) is 12.5. The summed E-state index contributed by atoms with van der Waals surface area (Å²) in [7, 11) is 0. The van der Waals surface area contributed by atoms with Crippen molar-refractivity contribution in [2.24, 2.45) is 5.73 Å². The minimum atomic E-state index is -0.117. The maximum Gasteiger partial charge on any atom is 0.133 e. The van der Waals surface area contributed by atoms with Crippen molar-refractivity contribution in [2.45, 2.75) is 18.6 Å². The summed E-state index contributed by atoms with van der Waals surface area (Å²) in [4.78, 5) is 0. The molecular formula is C16H16BrNO2. The predicted octanol–water partition coefficient (Wildman–Crippen LogP) is 3.47. The first-order chi connectivity index (χ1) is 9.72. The second-order valence-corrected chi connectivity index (χ2v) is 5.81. The number of ether oxygens (including phenoxy) is 1. The Balaban J connectivity index is 2.08. The van der Waals surface area contributed by atoms with E-state index in [4.69, 9.17) is 10.5 Å². The number of phenols is 1. The summed E-state index contributed by atoms with van der Waals surface area (Å²) in [5.74, 6) is 0.237. The molecule has 4 heteroatoms. The zero-order valence-electron chi connectivity index (χ0n) is 10.9. The van der Waals surface area contributed by atoms with Crippen LogP contribution in [0.3, 0.4) is 0 Å². The van der Waals surface area contributed by atoms with Gasteiger partial charge < -0.3 is 15.6 Å². The van der Waals surface area contributed by atoms with Gasteiger partial charge in [0.25, 0.3) is 0 Å². The molecule has 1 aliphatic heterocycles. The molecule has 20 heavy (non-hydrogen) atoms. The standard InChI is InChI=1S/C16H16BrNO2/c17-13-7-6-11-9-20-16(10-4-2-1-3-5-10)12(8-18)14(11)15(13)19/h1-7,12,16,19H,8-9,18H2. The average molecular weight is 334 g/mol. The van der Waals surface area contributed by atoms with Gasteiger partial charge in [-0.3, -0.25) is 0 Å². The highest BCUT2D eigenvalue weighted by Crippen LogP contribution is 2.45. The van der Waals surface area contributed by atoms with Crippen LogP contribution in [0.15, 0.2) is 46.9 Å². The maximum absolute atomic E-state index is 10.4. The van der Waals surface area contributed by atoms with E-state index >= 15 is 0 Å². The lowest BCUT2D eigenvalue weighted by atomic mass is 9.84. The SMILES string of the molecule is NCC1c2c(ccc(Br)c2O)COC1c1ccccc1. The number of aromatic hydroxyl groups is 1. The van der Waals surface area contributed by atoms with Gasteiger partial charge in [-0.05, 0) is 33.1 Å². The molecule has 3 rings (SSSR count). The summed E-state index contributed by atoms with van der Waals surface area (Å²) < 4.78 is 6.68. The minimum absolute atomic E-state index is 0.0429. The third-order valence-electron chi connectivity index (χ3n) is 3.79. The highest BCUT2D eigenvalue weighted by atomic mass is 79.9. The number of hydrogen-bond donors (Lipinski definition) is 2. The third kappa shape index (κ3) is 2.24. The first kappa shape index (κ1) is 13.6. The molecule has 0 spiro atoms. The van der Waals surface area contributed by atoms with Crippen molar-refractivity contribution in [2.75, 3.05) is 6.54 Å². The first-order valence-corrected chi connectivity index (χ1v) is 7.38. The first-order valence-electron chi connectivity index (χ1n) is 6.59. The molecular weight excluding hydrogens is 318 g/mol. The molecule has 2 unspecified atom stereocenters. The van der Waals surface area contributed by atoms with Crippen molar-refractivity contribution in [3.05, 3.63) is 63.6 Å². The van der Waals surface area contributed by atoms with Gasteiger partial charge in [-0.1, -0.05) is 36.4 Å². The van der Waals surface area contributed by atoms with E-state index in [2.05, 4.69) is 15.9 Å². The number of phenolic OH excluding ortho intramolecular Hbond substituents is 1. The fourth-order valence-corrected chi connectivity index (χ4v) is 3.17. The van der Waals surface area contributed by atoms with Crippen LogP contribution >= 0.6 is 15.9 Å². The summed E-state index contributed by atoms with van der Waals surface area (Å²) >= 11 is 3.38. The molecule has 0 radical (unpaired) electrons. The monoisotopic (exact) mass is 333 g/mol. The highest BCUT2D eigenvalue weighted by Gasteiger charge is 2.33. The van der Waals surface area contributed by atoms with Crippen molar-refractivity contribution >= 4 is 15.9 Å². The fourth-order valence-electron chi connectivity index (χ4n) is 2.82. The van der Waals surface area contributed by atoms with Crippen LogP contribution in [0.25, 0.3) is 0 Å². The van der Waals surface area contributed by atoms with Gasteiger partial charge in [0.2, 0.25) is 0 Å². The minimum Gasteiger partial charge on any atom is -0.506 e. The van der Waals surface area contributed by atoms with Gasteiger partial charge in [-0.15, -0.1) is 0 Å². The van der Waals surface area contributed by atoms with Gasteiger partial charge in [0.15, 0.2) is 0 Å². The number of halogens is 1. The van der Waals surface area contributed by atoms with Crippen molar-refractivity contribution in [1.82, 2.24) is 0 Å². The van der Waals surface area contributed by atoms with Crippen LogP contribution in [0.2, 0.25) is 0 Å². The van der Waals surface area contributed by atoms with E-state index in [0.717, 1.165) is 16.7 Å². The lowest BCUT2D eigenvalue weighted by Gasteiger charge is -2.34. The van der Waals surface area contributed by atoms with Crippen molar-refractivity contribution in [3.8, 4) is 5.75 Å². The van der Waals surface area contributed by atoms with E-state index in [1.807, 2.05) is 42.5 Å². The van der Waals surface area contributed by atoms with Crippen LogP contribution in [0, 0.1) is 0 Å². The Morgan fingerprint density at radius 1 is 1.20 bits per heavy atom. The number of hydrogen-bond acceptors (Lipinski definition) is 3. The van der Waals surface area contributed by atoms with Gasteiger partial charge in [-0.25, -0.2) is 0 Å². The largest absolute Gasteiger partial charge is 0.506 e. The smallest absolute Gasteiger partial charge is 0.133 e. The molecule has 3 N–H and O–H groups in total. The Labute approximate surface area is 126 Å². The fraction of sp³-hybridized carbons (Fsp3) is 0.250. The van der Waals surface area contributed by atoms with Gasteiger partial charge in [0.1, 0.15) is 5.75 Å². The molecule has 1 aliphatic rings. The molecule has 2 aromatic carbocycles. The molecule has 0 bridgehead atoms. The van der Waals surface area contributed by atoms with Crippen LogP contribution in [0.1, 0.15) is 28.7 Å².